The highest BCUT2D eigenvalue weighted by Crippen LogP contribution is 2.40. The van der Waals surface area contributed by atoms with Gasteiger partial charge in [-0.3, -0.25) is 14.2 Å². The average Bonchev–Trinajstić information content (AvgIpc) is 3.57. The number of nitrogens with one attached hydrogen (secondary N) is 1. The van der Waals surface area contributed by atoms with E-state index in [-0.39, 0.29) is 18.1 Å². The molecule has 6 rings (SSSR count). The van der Waals surface area contributed by atoms with Crippen molar-refractivity contribution in [1.82, 2.24) is 24.3 Å². The first-order valence-electron chi connectivity index (χ1n) is 14.8. The summed E-state index contributed by atoms with van der Waals surface area (Å²) >= 11 is 0. The van der Waals surface area contributed by atoms with E-state index in [9.17, 15) is 9.90 Å². The number of Topliss-reactive ketones (excluding diaryl/α,β-unsaturated/α-hetero) is 1. The zero-order chi connectivity index (χ0) is 30.3. The van der Waals surface area contributed by atoms with Crippen LogP contribution in [0.2, 0.25) is 0 Å². The van der Waals surface area contributed by atoms with Crippen LogP contribution >= 0.6 is 0 Å². The fourth-order valence-corrected chi connectivity index (χ4v) is 6.71. The van der Waals surface area contributed by atoms with Gasteiger partial charge in [0.15, 0.2) is 5.78 Å². The molecule has 1 aliphatic carbocycles. The predicted molar refractivity (Wildman–Crippen MR) is 167 cm³/mol. The first-order valence-corrected chi connectivity index (χ1v) is 14.8. The third-order valence-electron chi connectivity index (χ3n) is 9.02. The third kappa shape index (κ3) is 5.17. The molecule has 0 aliphatic heterocycles. The highest BCUT2D eigenvalue weighted by Gasteiger charge is 2.35. The Morgan fingerprint density at radius 3 is 2.60 bits per heavy atom. The number of methoxy groups -OCH3 is 2. The summed E-state index contributed by atoms with van der Waals surface area (Å²) < 4.78 is 15.4. The molecule has 2 aromatic carbocycles. The largest absolute Gasteiger partial charge is 0.496 e. The second-order valence-corrected chi connectivity index (χ2v) is 11.7. The predicted octanol–water partition coefficient (Wildman–Crippen LogP) is 5.25. The fourth-order valence-electron chi connectivity index (χ4n) is 6.71. The second kappa shape index (κ2) is 11.5. The van der Waals surface area contributed by atoms with E-state index in [1.807, 2.05) is 80.4 Å². The Bertz CT molecular complexity index is 1810. The maximum Gasteiger partial charge on any atom is 0.183 e. The van der Waals surface area contributed by atoms with Gasteiger partial charge in [-0.25, -0.2) is 4.98 Å². The summed E-state index contributed by atoms with van der Waals surface area (Å²) in [6.45, 7) is 2.60. The van der Waals surface area contributed by atoms with E-state index >= 15 is 0 Å². The van der Waals surface area contributed by atoms with Crippen LogP contribution in [-0.4, -0.2) is 63.2 Å². The maximum atomic E-state index is 13.5. The van der Waals surface area contributed by atoms with Crippen LogP contribution in [0, 0.1) is 6.92 Å². The minimum Gasteiger partial charge on any atom is -0.496 e. The first kappa shape index (κ1) is 28.9. The molecule has 0 atom stereocenters. The second-order valence-electron chi connectivity index (χ2n) is 11.7. The molecule has 9 heteroatoms. The smallest absolute Gasteiger partial charge is 0.183 e. The van der Waals surface area contributed by atoms with Crippen molar-refractivity contribution in [3.63, 3.8) is 0 Å². The molecule has 1 aliphatic rings. The summed E-state index contributed by atoms with van der Waals surface area (Å²) in [7, 11) is 7.05. The lowest BCUT2D eigenvalue weighted by atomic mass is 9.78. The Morgan fingerprint density at radius 1 is 1.12 bits per heavy atom. The quantitative estimate of drug-likeness (QED) is 0.229. The first-order chi connectivity index (χ1) is 20.8. The summed E-state index contributed by atoms with van der Waals surface area (Å²) in [5, 5.41) is 15.0. The van der Waals surface area contributed by atoms with Crippen molar-refractivity contribution in [3.05, 3.63) is 77.6 Å². The molecular formula is C34H39N5O4. The van der Waals surface area contributed by atoms with E-state index in [1.54, 1.807) is 14.2 Å². The molecule has 1 fully saturated rings. The number of hydrogen-bond acceptors (Lipinski definition) is 7. The molecule has 224 valence electrons. The number of ether oxygens (including phenoxy) is 2. The van der Waals surface area contributed by atoms with Gasteiger partial charge in [-0.05, 0) is 63.9 Å². The van der Waals surface area contributed by atoms with Gasteiger partial charge in [0.1, 0.15) is 17.3 Å². The number of benzene rings is 2. The van der Waals surface area contributed by atoms with E-state index in [0.717, 1.165) is 76.2 Å². The van der Waals surface area contributed by atoms with Crippen molar-refractivity contribution < 1.29 is 19.4 Å². The lowest BCUT2D eigenvalue weighted by Gasteiger charge is -2.35. The average molecular weight is 582 g/mol. The summed E-state index contributed by atoms with van der Waals surface area (Å²) in [6.07, 6.45) is 7.18. The number of likely N-dealkylation sites (N-methyl/N-ethyl adjacent to an activating group) is 1. The van der Waals surface area contributed by atoms with Crippen molar-refractivity contribution >= 4 is 22.2 Å². The Labute approximate surface area is 251 Å². The van der Waals surface area contributed by atoms with E-state index in [0.29, 0.717) is 18.0 Å². The van der Waals surface area contributed by atoms with Gasteiger partial charge in [-0.15, -0.1) is 0 Å². The van der Waals surface area contributed by atoms with Gasteiger partial charge in [0, 0.05) is 54.8 Å². The number of aryl methyl sites for hydroxylation is 2. The molecule has 0 unspecified atom stereocenters. The molecule has 3 heterocycles. The molecular weight excluding hydrogens is 542 g/mol. The Hall–Kier alpha value is -4.21. The van der Waals surface area contributed by atoms with Gasteiger partial charge in [0.05, 0.1) is 47.9 Å². The zero-order valence-corrected chi connectivity index (χ0v) is 25.5. The fraction of sp³-hybridized carbons (Fsp3) is 0.382. The number of imidazole rings is 1. The van der Waals surface area contributed by atoms with Crippen LogP contribution in [0.5, 0.6) is 11.5 Å². The number of carbonyl (C=O) groups excluding carboxylic acids is 1. The molecule has 3 aromatic heterocycles. The normalized spacial score (nSPS) is 18.8. The highest BCUT2D eigenvalue weighted by atomic mass is 16.5. The van der Waals surface area contributed by atoms with Gasteiger partial charge < -0.3 is 24.5 Å². The Balaban J connectivity index is 1.32. The van der Waals surface area contributed by atoms with E-state index in [4.69, 9.17) is 14.5 Å². The summed E-state index contributed by atoms with van der Waals surface area (Å²) in [5.41, 5.74) is 5.30. The monoisotopic (exact) mass is 581 g/mol. The maximum absolute atomic E-state index is 13.5. The lowest BCUT2D eigenvalue weighted by Crippen LogP contribution is -2.42. The summed E-state index contributed by atoms with van der Waals surface area (Å²) in [5.74, 6) is 2.61. The number of nitrogens with zero attached hydrogens (tertiary/aromatic N) is 4. The minimum atomic E-state index is -0.669. The molecule has 0 spiro atoms. The molecule has 0 saturated heterocycles. The number of hydrogen-bond donors (Lipinski definition) is 2. The molecule has 43 heavy (non-hydrogen) atoms. The summed E-state index contributed by atoms with van der Waals surface area (Å²) in [6, 6.07) is 13.7. The van der Waals surface area contributed by atoms with Crippen molar-refractivity contribution in [2.45, 2.75) is 50.5 Å². The zero-order valence-electron chi connectivity index (χ0n) is 25.5. The van der Waals surface area contributed by atoms with E-state index in [2.05, 4.69) is 14.7 Å². The molecule has 0 radical (unpaired) electrons. The third-order valence-corrected chi connectivity index (χ3v) is 9.02. The number of aromatic nitrogens is 4. The van der Waals surface area contributed by atoms with Crippen LogP contribution in [0.1, 0.15) is 59.2 Å². The van der Waals surface area contributed by atoms with Crippen LogP contribution in [0.3, 0.4) is 0 Å². The number of rotatable bonds is 9. The van der Waals surface area contributed by atoms with Crippen molar-refractivity contribution in [3.8, 4) is 22.8 Å². The van der Waals surface area contributed by atoms with Crippen LogP contribution in [0.15, 0.2) is 54.9 Å². The Kier molecular flexibility index (Phi) is 7.70. The standard InChI is InChI=1S/C34H39N5O4/c1-21-32-31(37-33(39(32)16-15-36-21)22-11-13-34(41,14-12-22)20-35-2)24-10-9-23(30(18-24)43-5)17-28(40)27-19-25-26(38(27)3)7-6-8-29(25)42-4/h6-10,15-16,18-19,22,35,41H,11-14,17,20H2,1-5H3. The van der Waals surface area contributed by atoms with Crippen LogP contribution in [0.25, 0.3) is 27.7 Å². The van der Waals surface area contributed by atoms with Crippen LogP contribution in [-0.2, 0) is 13.5 Å². The van der Waals surface area contributed by atoms with E-state index in [1.165, 1.54) is 0 Å². The SMILES string of the molecule is CNCC1(O)CCC(c2nc(-c3ccc(CC(=O)c4cc5c(OC)cccc5n4C)c(OC)c3)c3c(C)nccn23)CC1. The van der Waals surface area contributed by atoms with Crippen molar-refractivity contribution in [1.29, 1.82) is 0 Å². The molecule has 5 aromatic rings. The molecule has 0 bridgehead atoms. The lowest BCUT2D eigenvalue weighted by molar-refractivity contribution is 0.000956. The van der Waals surface area contributed by atoms with Gasteiger partial charge in [-0.2, -0.15) is 0 Å². The number of carbonyl (C=O) groups is 1. The summed E-state index contributed by atoms with van der Waals surface area (Å²) in [4.78, 5) is 23.3. The van der Waals surface area contributed by atoms with E-state index < -0.39 is 5.60 Å². The van der Waals surface area contributed by atoms with Crippen molar-refractivity contribution in [2.24, 2.45) is 7.05 Å². The number of ketones is 1. The molecule has 1 saturated carbocycles. The molecule has 0 amide bonds. The van der Waals surface area contributed by atoms with Gasteiger partial charge >= 0.3 is 0 Å². The van der Waals surface area contributed by atoms with Crippen molar-refractivity contribution in [2.75, 3.05) is 27.8 Å². The highest BCUT2D eigenvalue weighted by molar-refractivity contribution is 6.02. The molecule has 2 N–H and O–H groups in total. The number of fused-ring (bicyclic) bond motifs is 2. The van der Waals surface area contributed by atoms with Crippen LogP contribution < -0.4 is 14.8 Å². The number of aliphatic hydroxyl groups is 1. The molecule has 9 nitrogen and oxygen atoms in total. The van der Waals surface area contributed by atoms with Gasteiger partial charge in [-0.1, -0.05) is 18.2 Å². The minimum absolute atomic E-state index is 0.00268. The topological polar surface area (TPSA) is 103 Å². The van der Waals surface area contributed by atoms with Crippen LogP contribution in [0.4, 0.5) is 0 Å². The van der Waals surface area contributed by atoms with Gasteiger partial charge in [0.2, 0.25) is 0 Å². The van der Waals surface area contributed by atoms with Gasteiger partial charge in [0.25, 0.3) is 0 Å². The Morgan fingerprint density at radius 2 is 1.88 bits per heavy atom.